The molecule has 26 heavy (non-hydrogen) atoms. The van der Waals surface area contributed by atoms with Crippen molar-refractivity contribution < 1.29 is 18.3 Å². The molecule has 1 N–H and O–H groups in total. The summed E-state index contributed by atoms with van der Waals surface area (Å²) in [4.78, 5) is 15.7. The first kappa shape index (κ1) is 20.1. The van der Waals surface area contributed by atoms with Crippen LogP contribution in [0.2, 0.25) is 0 Å². The Balaban J connectivity index is 2.49. The molecule has 140 valence electrons. The van der Waals surface area contributed by atoms with E-state index in [-0.39, 0.29) is 17.9 Å². The molecule has 6 nitrogen and oxygen atoms in total. The fraction of sp³-hybridized carbons (Fsp3) is 0.368. The van der Waals surface area contributed by atoms with E-state index < -0.39 is 16.0 Å². The average molecular weight is 376 g/mol. The molecule has 0 atom stereocenters. The second kappa shape index (κ2) is 7.55. The summed E-state index contributed by atoms with van der Waals surface area (Å²) in [5, 5.41) is 9.14. The molecule has 2 aromatic rings. The van der Waals surface area contributed by atoms with E-state index in [2.05, 4.69) is 4.98 Å². The largest absolute Gasteiger partial charge is 0.481 e. The number of aromatic nitrogens is 1. The Morgan fingerprint density at radius 3 is 2.38 bits per heavy atom. The van der Waals surface area contributed by atoms with Gasteiger partial charge in [-0.3, -0.25) is 9.78 Å². The van der Waals surface area contributed by atoms with Gasteiger partial charge >= 0.3 is 5.97 Å². The summed E-state index contributed by atoms with van der Waals surface area (Å²) in [6, 6.07) is 7.20. The van der Waals surface area contributed by atoms with Crippen molar-refractivity contribution in [2.45, 2.75) is 45.6 Å². The van der Waals surface area contributed by atoms with E-state index in [1.807, 2.05) is 19.1 Å². The molecule has 0 spiro atoms. The summed E-state index contributed by atoms with van der Waals surface area (Å²) in [6.45, 7) is 7.20. The lowest BCUT2D eigenvalue weighted by Crippen LogP contribution is -2.28. The van der Waals surface area contributed by atoms with Crippen molar-refractivity contribution in [1.82, 2.24) is 9.29 Å². The first-order valence-corrected chi connectivity index (χ1v) is 9.68. The molecule has 0 amide bonds. The third kappa shape index (κ3) is 4.11. The molecule has 1 aromatic carbocycles. The van der Waals surface area contributed by atoms with E-state index in [0.29, 0.717) is 22.4 Å². The van der Waals surface area contributed by atoms with E-state index in [4.69, 9.17) is 5.11 Å². The zero-order chi connectivity index (χ0) is 19.6. The maximum Gasteiger partial charge on any atom is 0.307 e. The first-order valence-electron chi connectivity index (χ1n) is 8.24. The maximum absolute atomic E-state index is 13.2. The number of rotatable bonds is 6. The standard InChI is InChI=1S/C19H24N2O4S/c1-12-9-13(2)19(15(4)17(12)10-18(22)23)26(24,25)21(5)11-16-8-6-7-14(3)20-16/h6-9H,10-11H2,1-5H3,(H,22,23). The first-order chi connectivity index (χ1) is 12.0. The molecule has 7 heteroatoms. The minimum Gasteiger partial charge on any atom is -0.481 e. The van der Waals surface area contributed by atoms with E-state index >= 15 is 0 Å². The Kier molecular flexibility index (Phi) is 5.83. The number of benzene rings is 1. The Bertz CT molecular complexity index is 952. The third-order valence-electron chi connectivity index (χ3n) is 4.39. The topological polar surface area (TPSA) is 87.6 Å². The van der Waals surface area contributed by atoms with Crippen molar-refractivity contribution in [3.63, 3.8) is 0 Å². The van der Waals surface area contributed by atoms with Gasteiger partial charge in [0.25, 0.3) is 0 Å². The summed E-state index contributed by atoms with van der Waals surface area (Å²) in [5.74, 6) is -0.985. The molecule has 1 heterocycles. The van der Waals surface area contributed by atoms with Crippen LogP contribution < -0.4 is 0 Å². The molecular formula is C19H24N2O4S. The van der Waals surface area contributed by atoms with Gasteiger partial charge in [0.1, 0.15) is 0 Å². The van der Waals surface area contributed by atoms with Crippen LogP contribution in [0.3, 0.4) is 0 Å². The fourth-order valence-corrected chi connectivity index (χ4v) is 4.77. The Morgan fingerprint density at radius 1 is 1.15 bits per heavy atom. The highest BCUT2D eigenvalue weighted by Gasteiger charge is 2.27. The van der Waals surface area contributed by atoms with Crippen molar-refractivity contribution >= 4 is 16.0 Å². The van der Waals surface area contributed by atoms with E-state index in [0.717, 1.165) is 11.3 Å². The summed E-state index contributed by atoms with van der Waals surface area (Å²) in [5.41, 5.74) is 3.91. The number of hydrogen-bond acceptors (Lipinski definition) is 4. The molecule has 2 rings (SSSR count). The number of sulfonamides is 1. The van der Waals surface area contributed by atoms with Crippen molar-refractivity contribution in [3.05, 3.63) is 57.9 Å². The van der Waals surface area contributed by atoms with Crippen molar-refractivity contribution in [2.75, 3.05) is 7.05 Å². The van der Waals surface area contributed by atoms with Gasteiger partial charge in [-0.1, -0.05) is 12.1 Å². The van der Waals surface area contributed by atoms with Gasteiger partial charge in [-0.15, -0.1) is 0 Å². The van der Waals surface area contributed by atoms with Crippen molar-refractivity contribution in [3.8, 4) is 0 Å². The summed E-state index contributed by atoms with van der Waals surface area (Å²) in [6.07, 6.45) is -0.205. The van der Waals surface area contributed by atoms with Gasteiger partial charge in [-0.25, -0.2) is 8.42 Å². The second-order valence-corrected chi connectivity index (χ2v) is 8.53. The van der Waals surface area contributed by atoms with Crippen LogP contribution >= 0.6 is 0 Å². The predicted molar refractivity (Wildman–Crippen MR) is 99.6 cm³/mol. The van der Waals surface area contributed by atoms with Crippen LogP contribution in [0.15, 0.2) is 29.2 Å². The van der Waals surface area contributed by atoms with E-state index in [1.54, 1.807) is 32.9 Å². The van der Waals surface area contributed by atoms with Crippen molar-refractivity contribution in [2.24, 2.45) is 0 Å². The number of carboxylic acid groups (broad SMARTS) is 1. The van der Waals surface area contributed by atoms with Gasteiger partial charge in [0.15, 0.2) is 0 Å². The molecule has 0 fully saturated rings. The van der Waals surface area contributed by atoms with Crippen LogP contribution in [0.4, 0.5) is 0 Å². The molecule has 1 aromatic heterocycles. The summed E-state index contributed by atoms with van der Waals surface area (Å²) in [7, 11) is -2.28. The highest BCUT2D eigenvalue weighted by Crippen LogP contribution is 2.29. The Morgan fingerprint density at radius 2 is 1.81 bits per heavy atom. The van der Waals surface area contributed by atoms with Crippen molar-refractivity contribution in [1.29, 1.82) is 0 Å². The SMILES string of the molecule is Cc1cccc(CN(C)S(=O)(=O)c2c(C)cc(C)c(CC(=O)O)c2C)n1. The third-order valence-corrected chi connectivity index (χ3v) is 6.48. The Hall–Kier alpha value is -2.25. The molecule has 0 saturated carbocycles. The zero-order valence-electron chi connectivity index (χ0n) is 15.7. The molecule has 0 saturated heterocycles. The van der Waals surface area contributed by atoms with Gasteiger partial charge in [0.05, 0.1) is 23.6 Å². The van der Waals surface area contributed by atoms with E-state index in [9.17, 15) is 13.2 Å². The molecule has 0 aliphatic rings. The van der Waals surface area contributed by atoms with Gasteiger partial charge < -0.3 is 5.11 Å². The van der Waals surface area contributed by atoms with Crippen LogP contribution in [-0.4, -0.2) is 35.8 Å². The van der Waals surface area contributed by atoms with Crippen LogP contribution in [-0.2, 0) is 27.8 Å². The quantitative estimate of drug-likeness (QED) is 0.837. The molecule has 0 aliphatic heterocycles. The van der Waals surface area contributed by atoms with E-state index in [1.165, 1.54) is 11.4 Å². The van der Waals surface area contributed by atoms with Gasteiger partial charge in [0, 0.05) is 12.7 Å². The average Bonchev–Trinajstić information content (AvgIpc) is 2.50. The van der Waals surface area contributed by atoms with Crippen LogP contribution in [0.5, 0.6) is 0 Å². The smallest absolute Gasteiger partial charge is 0.307 e. The summed E-state index contributed by atoms with van der Waals surface area (Å²) >= 11 is 0. The van der Waals surface area contributed by atoms with Crippen LogP contribution in [0, 0.1) is 27.7 Å². The number of pyridine rings is 1. The summed E-state index contributed by atoms with van der Waals surface area (Å²) < 4.78 is 27.6. The highest BCUT2D eigenvalue weighted by atomic mass is 32.2. The number of carbonyl (C=O) groups is 1. The van der Waals surface area contributed by atoms with Gasteiger partial charge in [0.2, 0.25) is 10.0 Å². The number of aryl methyl sites for hydroxylation is 3. The fourth-order valence-electron chi connectivity index (χ4n) is 3.18. The highest BCUT2D eigenvalue weighted by molar-refractivity contribution is 7.89. The molecular weight excluding hydrogens is 352 g/mol. The van der Waals surface area contributed by atoms with Gasteiger partial charge in [-0.05, 0) is 62.1 Å². The second-order valence-electron chi connectivity index (χ2n) is 6.54. The minimum atomic E-state index is -3.79. The van der Waals surface area contributed by atoms with Crippen LogP contribution in [0.25, 0.3) is 0 Å². The predicted octanol–water partition coefficient (Wildman–Crippen LogP) is 2.76. The molecule has 0 radical (unpaired) electrons. The molecule has 0 unspecified atom stereocenters. The normalized spacial score (nSPS) is 11.8. The Labute approximate surface area is 154 Å². The zero-order valence-corrected chi connectivity index (χ0v) is 16.5. The number of carboxylic acids is 1. The van der Waals surface area contributed by atoms with Gasteiger partial charge in [-0.2, -0.15) is 4.31 Å². The monoisotopic (exact) mass is 376 g/mol. The lowest BCUT2D eigenvalue weighted by molar-refractivity contribution is -0.136. The number of nitrogens with zero attached hydrogens (tertiary/aromatic N) is 2. The molecule has 0 bridgehead atoms. The number of aliphatic carboxylic acids is 1. The van der Waals surface area contributed by atoms with Crippen LogP contribution in [0.1, 0.15) is 33.6 Å². The minimum absolute atomic E-state index is 0.144. The number of hydrogen-bond donors (Lipinski definition) is 1. The maximum atomic E-state index is 13.2. The lowest BCUT2D eigenvalue weighted by atomic mass is 9.97. The lowest BCUT2D eigenvalue weighted by Gasteiger charge is -2.22. The molecule has 0 aliphatic carbocycles.